The summed E-state index contributed by atoms with van der Waals surface area (Å²) in [4.78, 5) is 0. The number of hydrogen-bond acceptors (Lipinski definition) is 2. The molecule has 2 bridgehead atoms. The van der Waals surface area contributed by atoms with Crippen molar-refractivity contribution in [2.45, 2.75) is 38.4 Å². The van der Waals surface area contributed by atoms with Crippen molar-refractivity contribution in [2.75, 3.05) is 6.61 Å². The molecule has 2 nitrogen and oxygen atoms in total. The summed E-state index contributed by atoms with van der Waals surface area (Å²) in [5.41, 5.74) is 0. The molecule has 0 aromatic heterocycles. The van der Waals surface area contributed by atoms with Crippen molar-refractivity contribution in [3.05, 3.63) is 0 Å². The normalized spacial score (nSPS) is 48.5. The second-order valence-corrected chi connectivity index (χ2v) is 3.74. The molecule has 0 aliphatic heterocycles. The van der Waals surface area contributed by atoms with Gasteiger partial charge in [-0.3, -0.25) is 0 Å². The van der Waals surface area contributed by atoms with E-state index < -0.39 is 0 Å². The van der Waals surface area contributed by atoms with Crippen LogP contribution in [0.3, 0.4) is 0 Å². The van der Waals surface area contributed by atoms with Crippen molar-refractivity contribution in [1.29, 1.82) is 0 Å². The van der Waals surface area contributed by atoms with Gasteiger partial charge < -0.3 is 9.84 Å². The van der Waals surface area contributed by atoms with E-state index >= 15 is 0 Å². The molecule has 0 aromatic carbocycles. The Morgan fingerprint density at radius 2 is 2.09 bits per heavy atom. The Labute approximate surface area is 67.6 Å². The molecule has 0 spiro atoms. The zero-order chi connectivity index (χ0) is 7.84. The quantitative estimate of drug-likeness (QED) is 0.650. The van der Waals surface area contributed by atoms with Crippen molar-refractivity contribution in [3.63, 3.8) is 0 Å². The van der Waals surface area contributed by atoms with E-state index in [4.69, 9.17) is 4.74 Å². The Morgan fingerprint density at radius 1 is 1.36 bits per heavy atom. The predicted octanol–water partition coefficient (Wildman–Crippen LogP) is 1.18. The average Bonchev–Trinajstić information content (AvgIpc) is 2.54. The number of aliphatic hydroxyl groups excluding tert-OH is 1. The highest BCUT2D eigenvalue weighted by atomic mass is 16.5. The van der Waals surface area contributed by atoms with Gasteiger partial charge in [0.2, 0.25) is 0 Å². The lowest BCUT2D eigenvalue weighted by Crippen LogP contribution is -2.34. The SMILES string of the molecule is CCOC1C2CCC(C2)C1O. The van der Waals surface area contributed by atoms with Crippen LogP contribution in [0.5, 0.6) is 0 Å². The third-order valence-corrected chi connectivity index (χ3v) is 3.16. The molecular formula is C9H16O2. The Bertz CT molecular complexity index is 144. The number of rotatable bonds is 2. The molecular weight excluding hydrogens is 140 g/mol. The minimum atomic E-state index is -0.159. The molecule has 4 atom stereocenters. The van der Waals surface area contributed by atoms with Gasteiger partial charge in [0, 0.05) is 6.61 Å². The molecule has 0 amide bonds. The van der Waals surface area contributed by atoms with E-state index in [9.17, 15) is 5.11 Å². The summed E-state index contributed by atoms with van der Waals surface area (Å²) in [6, 6.07) is 0. The van der Waals surface area contributed by atoms with Gasteiger partial charge in [-0.2, -0.15) is 0 Å². The molecule has 0 aromatic rings. The highest BCUT2D eigenvalue weighted by Crippen LogP contribution is 2.45. The molecule has 4 unspecified atom stereocenters. The second-order valence-electron chi connectivity index (χ2n) is 3.74. The van der Waals surface area contributed by atoms with Gasteiger partial charge in [0.05, 0.1) is 12.2 Å². The zero-order valence-electron chi connectivity index (χ0n) is 6.99. The topological polar surface area (TPSA) is 29.5 Å². The third kappa shape index (κ3) is 1.09. The lowest BCUT2D eigenvalue weighted by molar-refractivity contribution is -0.0605. The largest absolute Gasteiger partial charge is 0.390 e. The van der Waals surface area contributed by atoms with E-state index in [1.807, 2.05) is 6.92 Å². The summed E-state index contributed by atoms with van der Waals surface area (Å²) >= 11 is 0. The van der Waals surface area contributed by atoms with Crippen LogP contribution in [0.4, 0.5) is 0 Å². The Kier molecular flexibility index (Phi) is 1.90. The smallest absolute Gasteiger partial charge is 0.0864 e. The lowest BCUT2D eigenvalue weighted by Gasteiger charge is -2.26. The lowest BCUT2D eigenvalue weighted by atomic mass is 9.95. The molecule has 1 N–H and O–H groups in total. The summed E-state index contributed by atoms with van der Waals surface area (Å²) in [5.74, 6) is 1.21. The van der Waals surface area contributed by atoms with Crippen LogP contribution in [0, 0.1) is 11.8 Å². The molecule has 11 heavy (non-hydrogen) atoms. The highest BCUT2D eigenvalue weighted by molar-refractivity contribution is 4.97. The summed E-state index contributed by atoms with van der Waals surface area (Å²) in [7, 11) is 0. The van der Waals surface area contributed by atoms with Crippen LogP contribution in [0.15, 0.2) is 0 Å². The summed E-state index contributed by atoms with van der Waals surface area (Å²) in [5, 5.41) is 9.69. The fraction of sp³-hybridized carbons (Fsp3) is 1.00. The van der Waals surface area contributed by atoms with E-state index in [1.54, 1.807) is 0 Å². The maximum atomic E-state index is 9.69. The van der Waals surface area contributed by atoms with Crippen LogP contribution in [0.1, 0.15) is 26.2 Å². The van der Waals surface area contributed by atoms with Gasteiger partial charge in [0.1, 0.15) is 0 Å². The second kappa shape index (κ2) is 2.76. The minimum Gasteiger partial charge on any atom is -0.390 e. The summed E-state index contributed by atoms with van der Waals surface area (Å²) in [6.45, 7) is 2.74. The van der Waals surface area contributed by atoms with Gasteiger partial charge in [-0.1, -0.05) is 0 Å². The number of aliphatic hydroxyl groups is 1. The van der Waals surface area contributed by atoms with Crippen LogP contribution >= 0.6 is 0 Å². The Hall–Kier alpha value is -0.0800. The van der Waals surface area contributed by atoms with Gasteiger partial charge in [0.15, 0.2) is 0 Å². The highest BCUT2D eigenvalue weighted by Gasteiger charge is 2.47. The molecule has 0 heterocycles. The molecule has 0 saturated heterocycles. The maximum Gasteiger partial charge on any atom is 0.0864 e. The monoisotopic (exact) mass is 156 g/mol. The van der Waals surface area contributed by atoms with Gasteiger partial charge in [-0.05, 0) is 38.0 Å². The van der Waals surface area contributed by atoms with E-state index in [0.29, 0.717) is 11.8 Å². The van der Waals surface area contributed by atoms with Crippen molar-refractivity contribution in [3.8, 4) is 0 Å². The molecule has 2 aliphatic rings. The van der Waals surface area contributed by atoms with Gasteiger partial charge in [-0.25, -0.2) is 0 Å². The molecule has 0 radical (unpaired) electrons. The van der Waals surface area contributed by atoms with Crippen molar-refractivity contribution in [2.24, 2.45) is 11.8 Å². The summed E-state index contributed by atoms with van der Waals surface area (Å²) < 4.78 is 5.50. The van der Waals surface area contributed by atoms with Gasteiger partial charge in [0.25, 0.3) is 0 Å². The van der Waals surface area contributed by atoms with Crippen LogP contribution < -0.4 is 0 Å². The van der Waals surface area contributed by atoms with Crippen molar-refractivity contribution in [1.82, 2.24) is 0 Å². The molecule has 2 rings (SSSR count). The average molecular weight is 156 g/mol. The third-order valence-electron chi connectivity index (χ3n) is 3.16. The molecule has 2 saturated carbocycles. The van der Waals surface area contributed by atoms with Crippen LogP contribution in [0.2, 0.25) is 0 Å². The van der Waals surface area contributed by atoms with Gasteiger partial charge >= 0.3 is 0 Å². The first-order chi connectivity index (χ1) is 5.33. The number of fused-ring (bicyclic) bond motifs is 2. The van der Waals surface area contributed by atoms with Crippen LogP contribution in [-0.4, -0.2) is 23.9 Å². The summed E-state index contributed by atoms with van der Waals surface area (Å²) in [6.07, 6.45) is 3.70. The van der Waals surface area contributed by atoms with E-state index in [1.165, 1.54) is 19.3 Å². The molecule has 64 valence electrons. The van der Waals surface area contributed by atoms with E-state index in [2.05, 4.69) is 0 Å². The Morgan fingerprint density at radius 3 is 2.64 bits per heavy atom. The van der Waals surface area contributed by atoms with Gasteiger partial charge in [-0.15, -0.1) is 0 Å². The zero-order valence-corrected chi connectivity index (χ0v) is 6.99. The number of hydrogen-bond donors (Lipinski definition) is 1. The molecule has 2 aliphatic carbocycles. The fourth-order valence-corrected chi connectivity index (χ4v) is 2.64. The standard InChI is InChI=1S/C9H16O2/c1-2-11-9-7-4-3-6(5-7)8(9)10/h6-10H,2-5H2,1H3. The van der Waals surface area contributed by atoms with E-state index in [-0.39, 0.29) is 12.2 Å². The molecule has 2 heteroatoms. The van der Waals surface area contributed by atoms with E-state index in [0.717, 1.165) is 6.61 Å². The van der Waals surface area contributed by atoms with Crippen LogP contribution in [0.25, 0.3) is 0 Å². The van der Waals surface area contributed by atoms with Crippen molar-refractivity contribution >= 4 is 0 Å². The van der Waals surface area contributed by atoms with Crippen molar-refractivity contribution < 1.29 is 9.84 Å². The predicted molar refractivity (Wildman–Crippen MR) is 42.3 cm³/mol. The minimum absolute atomic E-state index is 0.159. The van der Waals surface area contributed by atoms with Crippen LogP contribution in [-0.2, 0) is 4.74 Å². The molecule has 2 fully saturated rings. The number of ether oxygens (including phenoxy) is 1. The Balaban J connectivity index is 2.00. The maximum absolute atomic E-state index is 9.69. The first kappa shape index (κ1) is 7.56. The first-order valence-electron chi connectivity index (χ1n) is 4.62. The first-order valence-corrected chi connectivity index (χ1v) is 4.62. The fourth-order valence-electron chi connectivity index (χ4n) is 2.64.